The number of thiophene rings is 1. The first-order chi connectivity index (χ1) is 8.26. The summed E-state index contributed by atoms with van der Waals surface area (Å²) in [6.45, 7) is 4.26. The van der Waals surface area contributed by atoms with Gasteiger partial charge in [0.2, 0.25) is 0 Å². The van der Waals surface area contributed by atoms with Gasteiger partial charge in [0.1, 0.15) is 6.10 Å². The summed E-state index contributed by atoms with van der Waals surface area (Å²) < 4.78 is 0. The van der Waals surface area contributed by atoms with Crippen molar-refractivity contribution in [1.82, 2.24) is 0 Å². The Morgan fingerprint density at radius 1 is 1.06 bits per heavy atom. The van der Waals surface area contributed by atoms with E-state index < -0.39 is 6.10 Å². The molecule has 0 aliphatic carbocycles. The molecule has 1 N–H and O–H groups in total. The van der Waals surface area contributed by atoms with Crippen LogP contribution in [0.3, 0.4) is 0 Å². The summed E-state index contributed by atoms with van der Waals surface area (Å²) >= 11 is 1.64. The molecule has 2 heteroatoms. The van der Waals surface area contributed by atoms with E-state index in [9.17, 15) is 5.11 Å². The first kappa shape index (κ1) is 12.3. The van der Waals surface area contributed by atoms with Crippen LogP contribution in [0.25, 0.3) is 0 Å². The van der Waals surface area contributed by atoms with Gasteiger partial charge in [-0.25, -0.2) is 0 Å². The van der Waals surface area contributed by atoms with Crippen molar-refractivity contribution in [2.24, 2.45) is 0 Å². The number of hydrogen-bond donors (Lipinski definition) is 1. The standard InChI is InChI=1S/C15H18OS/c1-3-11-5-7-13(8-6-11)14(16)15-12(4-2)9-10-17-15/h5-10,14,16H,3-4H2,1-2H3. The summed E-state index contributed by atoms with van der Waals surface area (Å²) in [5, 5.41) is 12.4. The quantitative estimate of drug-likeness (QED) is 0.866. The van der Waals surface area contributed by atoms with Gasteiger partial charge in [-0.3, -0.25) is 0 Å². The molecule has 90 valence electrons. The van der Waals surface area contributed by atoms with E-state index in [0.29, 0.717) is 0 Å². The highest BCUT2D eigenvalue weighted by molar-refractivity contribution is 7.10. The molecule has 1 atom stereocenters. The molecule has 2 rings (SSSR count). The van der Waals surface area contributed by atoms with E-state index in [1.807, 2.05) is 12.1 Å². The van der Waals surface area contributed by atoms with E-state index in [4.69, 9.17) is 0 Å². The van der Waals surface area contributed by atoms with Gasteiger partial charge >= 0.3 is 0 Å². The van der Waals surface area contributed by atoms with E-state index in [1.165, 1.54) is 11.1 Å². The number of benzene rings is 1. The second kappa shape index (κ2) is 5.48. The lowest BCUT2D eigenvalue weighted by Crippen LogP contribution is -2.00. The molecular weight excluding hydrogens is 228 g/mol. The van der Waals surface area contributed by atoms with Crippen LogP contribution in [0.1, 0.15) is 41.5 Å². The Balaban J connectivity index is 2.27. The number of aryl methyl sites for hydroxylation is 2. The summed E-state index contributed by atoms with van der Waals surface area (Å²) in [4.78, 5) is 1.08. The largest absolute Gasteiger partial charge is 0.383 e. The van der Waals surface area contributed by atoms with Crippen molar-refractivity contribution in [1.29, 1.82) is 0 Å². The molecule has 1 heterocycles. The van der Waals surface area contributed by atoms with E-state index in [0.717, 1.165) is 23.3 Å². The molecule has 0 fully saturated rings. The van der Waals surface area contributed by atoms with Crippen molar-refractivity contribution >= 4 is 11.3 Å². The summed E-state index contributed by atoms with van der Waals surface area (Å²) in [7, 11) is 0. The van der Waals surface area contributed by atoms with E-state index in [1.54, 1.807) is 11.3 Å². The summed E-state index contributed by atoms with van der Waals surface area (Å²) in [5.74, 6) is 0. The fraction of sp³-hybridized carbons (Fsp3) is 0.333. The van der Waals surface area contributed by atoms with Gasteiger partial charge in [-0.15, -0.1) is 11.3 Å². The van der Waals surface area contributed by atoms with Gasteiger partial charge in [-0.2, -0.15) is 0 Å². The Morgan fingerprint density at radius 2 is 1.76 bits per heavy atom. The van der Waals surface area contributed by atoms with Crippen LogP contribution in [0.4, 0.5) is 0 Å². The van der Waals surface area contributed by atoms with Crippen LogP contribution in [0.5, 0.6) is 0 Å². The minimum Gasteiger partial charge on any atom is -0.383 e. The average molecular weight is 246 g/mol. The third kappa shape index (κ3) is 2.59. The lowest BCUT2D eigenvalue weighted by molar-refractivity contribution is 0.223. The minimum atomic E-state index is -0.476. The fourth-order valence-corrected chi connectivity index (χ4v) is 2.97. The maximum absolute atomic E-state index is 10.4. The first-order valence-corrected chi connectivity index (χ1v) is 6.97. The predicted molar refractivity (Wildman–Crippen MR) is 73.6 cm³/mol. The predicted octanol–water partition coefficient (Wildman–Crippen LogP) is 3.95. The van der Waals surface area contributed by atoms with E-state index in [-0.39, 0.29) is 0 Å². The van der Waals surface area contributed by atoms with Crippen LogP contribution in [-0.4, -0.2) is 5.11 Å². The zero-order chi connectivity index (χ0) is 12.3. The first-order valence-electron chi connectivity index (χ1n) is 6.09. The molecule has 1 aromatic heterocycles. The van der Waals surface area contributed by atoms with Crippen LogP contribution in [0.2, 0.25) is 0 Å². The molecule has 0 saturated heterocycles. The number of aliphatic hydroxyl groups is 1. The Bertz CT molecular complexity index is 470. The van der Waals surface area contributed by atoms with Crippen LogP contribution < -0.4 is 0 Å². The van der Waals surface area contributed by atoms with Crippen molar-refractivity contribution in [2.45, 2.75) is 32.8 Å². The smallest absolute Gasteiger partial charge is 0.113 e. The molecule has 0 saturated carbocycles. The monoisotopic (exact) mass is 246 g/mol. The highest BCUT2D eigenvalue weighted by Gasteiger charge is 2.14. The summed E-state index contributed by atoms with van der Waals surface area (Å²) in [6.07, 6.45) is 1.54. The Labute approximate surface area is 107 Å². The third-order valence-electron chi connectivity index (χ3n) is 3.11. The van der Waals surface area contributed by atoms with Crippen molar-refractivity contribution in [3.63, 3.8) is 0 Å². The Kier molecular flexibility index (Phi) is 3.97. The maximum Gasteiger partial charge on any atom is 0.113 e. The van der Waals surface area contributed by atoms with Crippen molar-refractivity contribution in [3.05, 3.63) is 57.3 Å². The zero-order valence-electron chi connectivity index (χ0n) is 10.3. The second-order valence-electron chi connectivity index (χ2n) is 4.16. The molecule has 0 radical (unpaired) electrons. The lowest BCUT2D eigenvalue weighted by atomic mass is 10.0. The molecule has 17 heavy (non-hydrogen) atoms. The second-order valence-corrected chi connectivity index (χ2v) is 5.11. The highest BCUT2D eigenvalue weighted by atomic mass is 32.1. The molecule has 0 amide bonds. The van der Waals surface area contributed by atoms with Crippen LogP contribution in [-0.2, 0) is 12.8 Å². The van der Waals surface area contributed by atoms with Gasteiger partial charge in [0.15, 0.2) is 0 Å². The zero-order valence-corrected chi connectivity index (χ0v) is 11.1. The van der Waals surface area contributed by atoms with Crippen LogP contribution in [0.15, 0.2) is 35.7 Å². The molecule has 0 bridgehead atoms. The number of hydrogen-bond acceptors (Lipinski definition) is 2. The number of aliphatic hydroxyl groups excluding tert-OH is 1. The topological polar surface area (TPSA) is 20.2 Å². The average Bonchev–Trinajstić information content (AvgIpc) is 2.86. The maximum atomic E-state index is 10.4. The van der Waals surface area contributed by atoms with Crippen LogP contribution in [0, 0.1) is 0 Å². The summed E-state index contributed by atoms with van der Waals surface area (Å²) in [6, 6.07) is 10.4. The van der Waals surface area contributed by atoms with Crippen LogP contribution >= 0.6 is 11.3 Å². The molecular formula is C15H18OS. The third-order valence-corrected chi connectivity index (χ3v) is 4.13. The van der Waals surface area contributed by atoms with Gasteiger partial charge in [-0.1, -0.05) is 38.1 Å². The molecule has 1 aromatic carbocycles. The SMILES string of the molecule is CCc1ccc(C(O)c2sccc2CC)cc1. The van der Waals surface area contributed by atoms with E-state index >= 15 is 0 Å². The van der Waals surface area contributed by atoms with Gasteiger partial charge in [0.25, 0.3) is 0 Å². The van der Waals surface area contributed by atoms with Crippen molar-refractivity contribution in [2.75, 3.05) is 0 Å². The minimum absolute atomic E-state index is 0.476. The molecule has 1 nitrogen and oxygen atoms in total. The van der Waals surface area contributed by atoms with Crippen molar-refractivity contribution < 1.29 is 5.11 Å². The normalized spacial score (nSPS) is 12.6. The lowest BCUT2D eigenvalue weighted by Gasteiger charge is -2.11. The van der Waals surface area contributed by atoms with E-state index in [2.05, 4.69) is 37.4 Å². The molecule has 0 aliphatic rings. The fourth-order valence-electron chi connectivity index (χ4n) is 1.97. The Morgan fingerprint density at radius 3 is 2.35 bits per heavy atom. The number of rotatable bonds is 4. The van der Waals surface area contributed by atoms with Crippen molar-refractivity contribution in [3.8, 4) is 0 Å². The molecule has 1 unspecified atom stereocenters. The molecule has 0 spiro atoms. The molecule has 0 aliphatic heterocycles. The summed E-state index contributed by atoms with van der Waals surface area (Å²) in [5.41, 5.74) is 3.55. The highest BCUT2D eigenvalue weighted by Crippen LogP contribution is 2.30. The van der Waals surface area contributed by atoms with Gasteiger partial charge in [0, 0.05) is 4.88 Å². The van der Waals surface area contributed by atoms with Gasteiger partial charge in [-0.05, 0) is 41.0 Å². The Hall–Kier alpha value is -1.12. The molecule has 2 aromatic rings. The van der Waals surface area contributed by atoms with Gasteiger partial charge < -0.3 is 5.11 Å². The van der Waals surface area contributed by atoms with Gasteiger partial charge in [0.05, 0.1) is 0 Å².